The van der Waals surface area contributed by atoms with Crippen LogP contribution in [0.3, 0.4) is 0 Å². The molecule has 0 aliphatic carbocycles. The van der Waals surface area contributed by atoms with Crippen LogP contribution in [0.25, 0.3) is 0 Å². The molecule has 1 N–H and O–H groups in total. The predicted octanol–water partition coefficient (Wildman–Crippen LogP) is 2.48. The van der Waals surface area contributed by atoms with Crippen molar-refractivity contribution < 1.29 is 9.18 Å². The number of hydrogen-bond donors (Lipinski definition) is 1. The first kappa shape index (κ1) is 9.71. The molecule has 0 aliphatic rings. The average molecular weight is 181 g/mol. The molecular formula is C10H12FNO. The molecule has 0 spiro atoms. The number of halogens is 1. The third-order valence-corrected chi connectivity index (χ3v) is 1.78. The zero-order valence-electron chi connectivity index (χ0n) is 7.73. The fraction of sp³-hybridized carbons (Fsp3) is 0.300. The maximum Gasteiger partial charge on any atom is 0.224 e. The lowest BCUT2D eigenvalue weighted by Gasteiger charge is -2.06. The Kier molecular flexibility index (Phi) is 3.01. The first-order valence-corrected chi connectivity index (χ1v) is 4.19. The van der Waals surface area contributed by atoms with E-state index < -0.39 is 0 Å². The summed E-state index contributed by atoms with van der Waals surface area (Å²) in [6, 6.07) is 4.29. The molecular weight excluding hydrogens is 169 g/mol. The van der Waals surface area contributed by atoms with E-state index in [1.807, 2.05) is 0 Å². The van der Waals surface area contributed by atoms with Crippen molar-refractivity contribution in [3.8, 4) is 0 Å². The molecule has 0 bridgehead atoms. The minimum atomic E-state index is -0.285. The van der Waals surface area contributed by atoms with E-state index in [1.54, 1.807) is 19.9 Å². The highest BCUT2D eigenvalue weighted by Crippen LogP contribution is 2.15. The van der Waals surface area contributed by atoms with Crippen molar-refractivity contribution >= 4 is 11.6 Å². The number of hydrogen-bond acceptors (Lipinski definition) is 1. The summed E-state index contributed by atoms with van der Waals surface area (Å²) in [6.07, 6.45) is 0.427. The van der Waals surface area contributed by atoms with E-state index in [0.717, 1.165) is 5.56 Å². The monoisotopic (exact) mass is 181 g/mol. The lowest BCUT2D eigenvalue weighted by molar-refractivity contribution is -0.115. The molecule has 0 aliphatic heterocycles. The Morgan fingerprint density at radius 1 is 1.54 bits per heavy atom. The predicted molar refractivity (Wildman–Crippen MR) is 50.1 cm³/mol. The van der Waals surface area contributed by atoms with Crippen molar-refractivity contribution in [3.63, 3.8) is 0 Å². The van der Waals surface area contributed by atoms with Crippen LogP contribution >= 0.6 is 0 Å². The minimum absolute atomic E-state index is 0.0605. The molecule has 0 saturated heterocycles. The van der Waals surface area contributed by atoms with Crippen molar-refractivity contribution in [2.45, 2.75) is 20.3 Å². The Balaban J connectivity index is 2.83. The SMILES string of the molecule is CCC(=O)Nc1ccc(F)cc1C. The number of carbonyl (C=O) groups is 1. The second kappa shape index (κ2) is 4.03. The van der Waals surface area contributed by atoms with Crippen LogP contribution in [0.4, 0.5) is 10.1 Å². The van der Waals surface area contributed by atoms with Gasteiger partial charge in [-0.1, -0.05) is 6.92 Å². The van der Waals surface area contributed by atoms with E-state index in [1.165, 1.54) is 12.1 Å². The molecule has 0 fully saturated rings. The van der Waals surface area contributed by atoms with Crippen LogP contribution in [0, 0.1) is 12.7 Å². The van der Waals surface area contributed by atoms with Crippen LogP contribution < -0.4 is 5.32 Å². The zero-order chi connectivity index (χ0) is 9.84. The van der Waals surface area contributed by atoms with Gasteiger partial charge in [-0.3, -0.25) is 4.79 Å². The summed E-state index contributed by atoms with van der Waals surface area (Å²) in [5.74, 6) is -0.346. The van der Waals surface area contributed by atoms with Gasteiger partial charge in [-0.05, 0) is 30.7 Å². The molecule has 2 nitrogen and oxygen atoms in total. The summed E-state index contributed by atoms with van der Waals surface area (Å²) in [6.45, 7) is 3.53. The molecule has 1 aromatic rings. The van der Waals surface area contributed by atoms with E-state index in [0.29, 0.717) is 12.1 Å². The van der Waals surface area contributed by atoms with E-state index in [2.05, 4.69) is 5.32 Å². The number of aryl methyl sites for hydroxylation is 1. The second-order valence-electron chi connectivity index (χ2n) is 2.86. The first-order valence-electron chi connectivity index (χ1n) is 4.19. The Labute approximate surface area is 76.8 Å². The number of anilines is 1. The number of benzene rings is 1. The van der Waals surface area contributed by atoms with Gasteiger partial charge in [0.2, 0.25) is 5.91 Å². The highest BCUT2D eigenvalue weighted by Gasteiger charge is 2.02. The number of nitrogens with one attached hydrogen (secondary N) is 1. The Bertz CT molecular complexity index is 323. The van der Waals surface area contributed by atoms with Crippen LogP contribution in [0.2, 0.25) is 0 Å². The summed E-state index contributed by atoms with van der Waals surface area (Å²) in [5.41, 5.74) is 1.41. The molecule has 1 amide bonds. The first-order chi connectivity index (χ1) is 6.13. The van der Waals surface area contributed by atoms with Crippen LogP contribution in [-0.2, 0) is 4.79 Å². The highest BCUT2D eigenvalue weighted by atomic mass is 19.1. The Morgan fingerprint density at radius 3 is 2.77 bits per heavy atom. The van der Waals surface area contributed by atoms with E-state index in [-0.39, 0.29) is 11.7 Å². The van der Waals surface area contributed by atoms with Gasteiger partial charge in [-0.2, -0.15) is 0 Å². The fourth-order valence-electron chi connectivity index (χ4n) is 1.01. The number of amides is 1. The van der Waals surface area contributed by atoms with Crippen molar-refractivity contribution in [2.75, 3.05) is 5.32 Å². The van der Waals surface area contributed by atoms with Crippen molar-refractivity contribution in [1.29, 1.82) is 0 Å². The van der Waals surface area contributed by atoms with Crippen LogP contribution in [0.5, 0.6) is 0 Å². The Morgan fingerprint density at radius 2 is 2.23 bits per heavy atom. The normalized spacial score (nSPS) is 9.77. The summed E-state index contributed by atoms with van der Waals surface area (Å²) in [7, 11) is 0. The van der Waals surface area contributed by atoms with Crippen molar-refractivity contribution in [3.05, 3.63) is 29.6 Å². The van der Waals surface area contributed by atoms with E-state index in [4.69, 9.17) is 0 Å². The molecule has 1 aromatic carbocycles. The third-order valence-electron chi connectivity index (χ3n) is 1.78. The molecule has 0 saturated carbocycles. The summed E-state index contributed by atoms with van der Waals surface area (Å²) < 4.78 is 12.7. The topological polar surface area (TPSA) is 29.1 Å². The molecule has 3 heteroatoms. The smallest absolute Gasteiger partial charge is 0.224 e. The van der Waals surface area contributed by atoms with Crippen molar-refractivity contribution in [1.82, 2.24) is 0 Å². The number of rotatable bonds is 2. The lowest BCUT2D eigenvalue weighted by Crippen LogP contribution is -2.10. The molecule has 0 radical (unpaired) electrons. The van der Waals surface area contributed by atoms with Crippen molar-refractivity contribution in [2.24, 2.45) is 0 Å². The van der Waals surface area contributed by atoms with Gasteiger partial charge in [0.15, 0.2) is 0 Å². The molecule has 0 atom stereocenters. The molecule has 1 rings (SSSR count). The molecule has 0 aromatic heterocycles. The molecule has 70 valence electrons. The van der Waals surface area contributed by atoms with Crippen LogP contribution in [0.1, 0.15) is 18.9 Å². The zero-order valence-corrected chi connectivity index (χ0v) is 7.73. The summed E-state index contributed by atoms with van der Waals surface area (Å²) in [4.78, 5) is 11.0. The van der Waals surface area contributed by atoms with Gasteiger partial charge >= 0.3 is 0 Å². The van der Waals surface area contributed by atoms with Gasteiger partial charge in [-0.25, -0.2) is 4.39 Å². The summed E-state index contributed by atoms with van der Waals surface area (Å²) in [5, 5.41) is 2.68. The van der Waals surface area contributed by atoms with Crippen LogP contribution in [-0.4, -0.2) is 5.91 Å². The Hall–Kier alpha value is -1.38. The quantitative estimate of drug-likeness (QED) is 0.746. The van der Waals surface area contributed by atoms with Gasteiger partial charge < -0.3 is 5.32 Å². The fourth-order valence-corrected chi connectivity index (χ4v) is 1.01. The molecule has 0 heterocycles. The third kappa shape index (κ3) is 2.54. The maximum atomic E-state index is 12.7. The highest BCUT2D eigenvalue weighted by molar-refractivity contribution is 5.91. The molecule has 13 heavy (non-hydrogen) atoms. The van der Waals surface area contributed by atoms with E-state index >= 15 is 0 Å². The molecule has 0 unspecified atom stereocenters. The van der Waals surface area contributed by atoms with Gasteiger partial charge in [-0.15, -0.1) is 0 Å². The maximum absolute atomic E-state index is 12.7. The lowest BCUT2D eigenvalue weighted by atomic mass is 10.2. The van der Waals surface area contributed by atoms with Gasteiger partial charge in [0, 0.05) is 12.1 Å². The van der Waals surface area contributed by atoms with Crippen LogP contribution in [0.15, 0.2) is 18.2 Å². The second-order valence-corrected chi connectivity index (χ2v) is 2.86. The summed E-state index contributed by atoms with van der Waals surface area (Å²) >= 11 is 0. The van der Waals surface area contributed by atoms with Gasteiger partial charge in [0.05, 0.1) is 0 Å². The standard InChI is InChI=1S/C10H12FNO/c1-3-10(13)12-9-5-4-8(11)6-7(9)2/h4-6H,3H2,1-2H3,(H,12,13). The average Bonchev–Trinajstić information content (AvgIpc) is 2.09. The minimum Gasteiger partial charge on any atom is -0.326 e. The van der Waals surface area contributed by atoms with Gasteiger partial charge in [0.1, 0.15) is 5.82 Å². The largest absolute Gasteiger partial charge is 0.326 e. The van der Waals surface area contributed by atoms with E-state index in [9.17, 15) is 9.18 Å². The van der Waals surface area contributed by atoms with Gasteiger partial charge in [0.25, 0.3) is 0 Å². The number of carbonyl (C=O) groups excluding carboxylic acids is 1.